The number of rotatable bonds is 4. The van der Waals surface area contributed by atoms with Crippen molar-refractivity contribution >= 4 is 28.7 Å². The van der Waals surface area contributed by atoms with E-state index in [-0.39, 0.29) is 6.03 Å². The van der Waals surface area contributed by atoms with Crippen LogP contribution in [0.4, 0.5) is 16.2 Å². The van der Waals surface area contributed by atoms with Gasteiger partial charge in [0.15, 0.2) is 0 Å². The molecule has 23 heavy (non-hydrogen) atoms. The van der Waals surface area contributed by atoms with E-state index in [1.807, 2.05) is 35.7 Å². The Morgan fingerprint density at radius 3 is 2.43 bits per heavy atom. The minimum absolute atomic E-state index is 0.279. The number of thiophene rings is 1. The molecule has 2 N–H and O–H groups in total. The molecule has 0 fully saturated rings. The Morgan fingerprint density at radius 2 is 1.74 bits per heavy atom. The first-order valence-electron chi connectivity index (χ1n) is 7.10. The fourth-order valence-electron chi connectivity index (χ4n) is 2.16. The molecule has 1 heterocycles. The van der Waals surface area contributed by atoms with Crippen LogP contribution in [0, 0.1) is 0 Å². The number of hydrogen-bond acceptors (Lipinski definition) is 3. The summed E-state index contributed by atoms with van der Waals surface area (Å²) in [4.78, 5) is 13.3. The molecule has 2 aromatic carbocycles. The minimum atomic E-state index is -0.279. The Balaban J connectivity index is 1.66. The summed E-state index contributed by atoms with van der Waals surface area (Å²) in [6.45, 7) is 0. The van der Waals surface area contributed by atoms with E-state index in [9.17, 15) is 4.79 Å². The van der Waals surface area contributed by atoms with Crippen molar-refractivity contribution in [1.82, 2.24) is 0 Å². The SMILES string of the molecule is COc1ccc(NC(=O)Nc2cccc(-c3cccs3)c2)cc1. The first-order valence-corrected chi connectivity index (χ1v) is 7.98. The third-order valence-corrected chi connectivity index (χ3v) is 4.19. The lowest BCUT2D eigenvalue weighted by atomic mass is 10.1. The van der Waals surface area contributed by atoms with Gasteiger partial charge in [0.2, 0.25) is 0 Å². The zero-order chi connectivity index (χ0) is 16.1. The van der Waals surface area contributed by atoms with Crippen LogP contribution in [0.5, 0.6) is 5.75 Å². The molecule has 0 aliphatic heterocycles. The third kappa shape index (κ3) is 3.90. The van der Waals surface area contributed by atoms with Gasteiger partial charge in [0.1, 0.15) is 5.75 Å². The van der Waals surface area contributed by atoms with E-state index in [4.69, 9.17) is 4.74 Å². The first-order chi connectivity index (χ1) is 11.2. The molecular formula is C18H16N2O2S. The molecule has 3 rings (SSSR count). The maximum absolute atomic E-state index is 12.1. The first kappa shape index (κ1) is 15.1. The number of methoxy groups -OCH3 is 1. The van der Waals surface area contributed by atoms with Crippen molar-refractivity contribution in [1.29, 1.82) is 0 Å². The Hall–Kier alpha value is -2.79. The summed E-state index contributed by atoms with van der Waals surface area (Å²) in [6.07, 6.45) is 0. The molecule has 5 heteroatoms. The molecule has 0 aliphatic carbocycles. The summed E-state index contributed by atoms with van der Waals surface area (Å²) in [5, 5.41) is 7.67. The van der Waals surface area contributed by atoms with Gasteiger partial charge in [-0.1, -0.05) is 18.2 Å². The Bertz CT molecular complexity index is 783. The smallest absolute Gasteiger partial charge is 0.323 e. The zero-order valence-electron chi connectivity index (χ0n) is 12.6. The predicted octanol–water partition coefficient (Wildman–Crippen LogP) is 5.07. The number of urea groups is 1. The number of carbonyl (C=O) groups is 1. The fourth-order valence-corrected chi connectivity index (χ4v) is 2.88. The molecule has 0 spiro atoms. The topological polar surface area (TPSA) is 50.4 Å². The molecule has 1 aromatic heterocycles. The van der Waals surface area contributed by atoms with Crippen molar-refractivity contribution in [2.75, 3.05) is 17.7 Å². The molecule has 2 amide bonds. The standard InChI is InChI=1S/C18H16N2O2S/c1-22-16-9-7-14(8-10-16)19-18(21)20-15-5-2-4-13(12-15)17-6-3-11-23-17/h2-12H,1H3,(H2,19,20,21). The second kappa shape index (κ2) is 6.98. The van der Waals surface area contributed by atoms with Crippen LogP contribution in [0.3, 0.4) is 0 Å². The van der Waals surface area contributed by atoms with Gasteiger partial charge >= 0.3 is 6.03 Å². The van der Waals surface area contributed by atoms with Crippen molar-refractivity contribution in [2.24, 2.45) is 0 Å². The average Bonchev–Trinajstić information content (AvgIpc) is 3.10. The molecule has 116 valence electrons. The van der Waals surface area contributed by atoms with Crippen molar-refractivity contribution < 1.29 is 9.53 Å². The molecular weight excluding hydrogens is 308 g/mol. The van der Waals surface area contributed by atoms with E-state index in [2.05, 4.69) is 16.7 Å². The largest absolute Gasteiger partial charge is 0.497 e. The van der Waals surface area contributed by atoms with Crippen LogP contribution >= 0.6 is 11.3 Å². The number of benzene rings is 2. The highest BCUT2D eigenvalue weighted by Crippen LogP contribution is 2.26. The van der Waals surface area contributed by atoms with Crippen LogP contribution in [0.25, 0.3) is 10.4 Å². The molecule has 0 bridgehead atoms. The zero-order valence-corrected chi connectivity index (χ0v) is 13.4. The highest BCUT2D eigenvalue weighted by molar-refractivity contribution is 7.13. The second-order valence-electron chi connectivity index (χ2n) is 4.87. The van der Waals surface area contributed by atoms with Crippen LogP contribution in [0.2, 0.25) is 0 Å². The Kier molecular flexibility index (Phi) is 4.59. The molecule has 0 saturated carbocycles. The summed E-state index contributed by atoms with van der Waals surface area (Å²) in [6, 6.07) is 18.7. The lowest BCUT2D eigenvalue weighted by molar-refractivity contribution is 0.262. The van der Waals surface area contributed by atoms with E-state index >= 15 is 0 Å². The maximum Gasteiger partial charge on any atom is 0.323 e. The van der Waals surface area contributed by atoms with Crippen LogP contribution in [-0.2, 0) is 0 Å². The molecule has 0 saturated heterocycles. The van der Waals surface area contributed by atoms with Gasteiger partial charge in [-0.3, -0.25) is 0 Å². The molecule has 0 atom stereocenters. The quantitative estimate of drug-likeness (QED) is 0.704. The van der Waals surface area contributed by atoms with Gasteiger partial charge in [-0.25, -0.2) is 4.79 Å². The van der Waals surface area contributed by atoms with E-state index in [0.717, 1.165) is 17.0 Å². The van der Waals surface area contributed by atoms with Gasteiger partial charge in [-0.2, -0.15) is 0 Å². The van der Waals surface area contributed by atoms with E-state index in [1.165, 1.54) is 4.88 Å². The molecule has 3 aromatic rings. The van der Waals surface area contributed by atoms with E-state index in [1.54, 1.807) is 42.7 Å². The van der Waals surface area contributed by atoms with Crippen molar-refractivity contribution in [3.8, 4) is 16.2 Å². The number of nitrogens with one attached hydrogen (secondary N) is 2. The van der Waals surface area contributed by atoms with Gasteiger partial charge in [0.05, 0.1) is 7.11 Å². The molecule has 0 aliphatic rings. The Morgan fingerprint density at radius 1 is 0.957 bits per heavy atom. The normalized spacial score (nSPS) is 10.1. The fraction of sp³-hybridized carbons (Fsp3) is 0.0556. The van der Waals surface area contributed by atoms with Gasteiger partial charge in [-0.05, 0) is 53.4 Å². The van der Waals surface area contributed by atoms with Gasteiger partial charge < -0.3 is 15.4 Å². The molecule has 0 radical (unpaired) electrons. The lowest BCUT2D eigenvalue weighted by Gasteiger charge is -2.09. The number of ether oxygens (including phenoxy) is 1. The lowest BCUT2D eigenvalue weighted by Crippen LogP contribution is -2.19. The van der Waals surface area contributed by atoms with Crippen LogP contribution in [0.15, 0.2) is 66.0 Å². The van der Waals surface area contributed by atoms with E-state index < -0.39 is 0 Å². The number of amides is 2. The number of carbonyl (C=O) groups excluding carboxylic acids is 1. The van der Waals surface area contributed by atoms with Gasteiger partial charge in [0, 0.05) is 16.3 Å². The summed E-state index contributed by atoms with van der Waals surface area (Å²) < 4.78 is 5.09. The predicted molar refractivity (Wildman–Crippen MR) is 95.4 cm³/mol. The van der Waals surface area contributed by atoms with Crippen molar-refractivity contribution in [2.45, 2.75) is 0 Å². The second-order valence-corrected chi connectivity index (χ2v) is 5.81. The highest BCUT2D eigenvalue weighted by atomic mass is 32.1. The van der Waals surface area contributed by atoms with Gasteiger partial charge in [0.25, 0.3) is 0 Å². The van der Waals surface area contributed by atoms with Crippen molar-refractivity contribution in [3.63, 3.8) is 0 Å². The monoisotopic (exact) mass is 324 g/mol. The van der Waals surface area contributed by atoms with Crippen LogP contribution < -0.4 is 15.4 Å². The van der Waals surface area contributed by atoms with Gasteiger partial charge in [-0.15, -0.1) is 11.3 Å². The maximum atomic E-state index is 12.1. The minimum Gasteiger partial charge on any atom is -0.497 e. The summed E-state index contributed by atoms with van der Waals surface area (Å²) in [5.74, 6) is 0.750. The average molecular weight is 324 g/mol. The van der Waals surface area contributed by atoms with Crippen LogP contribution in [-0.4, -0.2) is 13.1 Å². The van der Waals surface area contributed by atoms with Crippen molar-refractivity contribution in [3.05, 3.63) is 66.0 Å². The summed E-state index contributed by atoms with van der Waals surface area (Å²) in [7, 11) is 1.61. The third-order valence-electron chi connectivity index (χ3n) is 3.27. The number of hydrogen-bond donors (Lipinski definition) is 2. The number of anilines is 2. The Labute approximate surface area is 138 Å². The molecule has 0 unspecified atom stereocenters. The van der Waals surface area contributed by atoms with Crippen LogP contribution in [0.1, 0.15) is 0 Å². The summed E-state index contributed by atoms with van der Waals surface area (Å²) >= 11 is 1.67. The van der Waals surface area contributed by atoms with E-state index in [0.29, 0.717) is 5.69 Å². The highest BCUT2D eigenvalue weighted by Gasteiger charge is 2.05. The summed E-state index contributed by atoms with van der Waals surface area (Å²) in [5.41, 5.74) is 2.54. The molecule has 4 nitrogen and oxygen atoms in total.